The zero-order valence-electron chi connectivity index (χ0n) is 6.21. The van der Waals surface area contributed by atoms with Crippen molar-refractivity contribution in [1.29, 1.82) is 0 Å². The fourth-order valence-electron chi connectivity index (χ4n) is 0.805. The lowest BCUT2D eigenvalue weighted by Gasteiger charge is -1.99. The first-order chi connectivity index (χ1) is 6.02. The summed E-state index contributed by atoms with van der Waals surface area (Å²) in [5.41, 5.74) is -0.907. The third-order valence-electron chi connectivity index (χ3n) is 1.42. The Morgan fingerprint density at radius 1 is 1.46 bits per heavy atom. The molecule has 3 nitrogen and oxygen atoms in total. The number of nitro groups is 1. The van der Waals surface area contributed by atoms with Crippen molar-refractivity contribution in [2.45, 2.75) is 6.43 Å². The predicted octanol–water partition coefficient (Wildman–Crippen LogP) is 3.19. The highest BCUT2D eigenvalue weighted by atomic mass is 35.5. The van der Waals surface area contributed by atoms with E-state index in [-0.39, 0.29) is 5.02 Å². The summed E-state index contributed by atoms with van der Waals surface area (Å²) in [6.07, 6.45) is -2.73. The van der Waals surface area contributed by atoms with E-state index in [1.807, 2.05) is 0 Å². The Bertz CT molecular complexity index is 343. The number of hydrogen-bond donors (Lipinski definition) is 0. The Balaban J connectivity index is 3.19. The van der Waals surface area contributed by atoms with E-state index in [1.54, 1.807) is 0 Å². The fraction of sp³-hybridized carbons (Fsp3) is 0.143. The van der Waals surface area contributed by atoms with Gasteiger partial charge in [0, 0.05) is 11.6 Å². The molecule has 6 heteroatoms. The van der Waals surface area contributed by atoms with E-state index >= 15 is 0 Å². The van der Waals surface area contributed by atoms with Crippen LogP contribution in [-0.4, -0.2) is 4.92 Å². The normalized spacial score (nSPS) is 10.5. The van der Waals surface area contributed by atoms with Crippen LogP contribution in [0.25, 0.3) is 0 Å². The number of nitro benzene ring substituents is 1. The van der Waals surface area contributed by atoms with E-state index in [0.717, 1.165) is 18.2 Å². The Morgan fingerprint density at radius 2 is 2.08 bits per heavy atom. The molecule has 1 rings (SSSR count). The van der Waals surface area contributed by atoms with Crippen molar-refractivity contribution in [3.8, 4) is 0 Å². The lowest BCUT2D eigenvalue weighted by molar-refractivity contribution is -0.384. The third kappa shape index (κ3) is 2.12. The maximum Gasteiger partial charge on any atom is 0.288 e. The minimum atomic E-state index is -2.73. The van der Waals surface area contributed by atoms with Crippen molar-refractivity contribution < 1.29 is 13.7 Å². The van der Waals surface area contributed by atoms with Crippen LogP contribution < -0.4 is 0 Å². The van der Waals surface area contributed by atoms with Crippen LogP contribution in [0.15, 0.2) is 18.2 Å². The van der Waals surface area contributed by atoms with Gasteiger partial charge in [-0.3, -0.25) is 10.1 Å². The van der Waals surface area contributed by atoms with Gasteiger partial charge in [0.2, 0.25) is 0 Å². The van der Waals surface area contributed by atoms with E-state index in [2.05, 4.69) is 0 Å². The molecule has 0 spiro atoms. The Morgan fingerprint density at radius 3 is 2.54 bits per heavy atom. The van der Waals surface area contributed by atoms with Crippen LogP contribution in [0.5, 0.6) is 0 Å². The van der Waals surface area contributed by atoms with Crippen LogP contribution in [0.3, 0.4) is 0 Å². The molecule has 0 fully saturated rings. The van der Waals surface area contributed by atoms with Crippen molar-refractivity contribution in [3.63, 3.8) is 0 Å². The minimum absolute atomic E-state index is 0.144. The first-order valence-electron chi connectivity index (χ1n) is 3.24. The molecule has 0 atom stereocenters. The van der Waals surface area contributed by atoms with Gasteiger partial charge in [0.05, 0.1) is 4.92 Å². The van der Waals surface area contributed by atoms with Gasteiger partial charge in [0.1, 0.15) is 5.02 Å². The molecule has 0 saturated carbocycles. The van der Waals surface area contributed by atoms with Crippen LogP contribution in [0.2, 0.25) is 5.02 Å². The van der Waals surface area contributed by atoms with Crippen molar-refractivity contribution in [3.05, 3.63) is 38.9 Å². The molecule has 0 unspecified atom stereocenters. The quantitative estimate of drug-likeness (QED) is 0.552. The standard InChI is InChI=1S/C7H4ClF2NO2/c8-5-2-1-4(7(9)10)3-6(5)11(12)13/h1-3,7H. The van der Waals surface area contributed by atoms with Crippen molar-refractivity contribution in [2.75, 3.05) is 0 Å². The molecule has 0 radical (unpaired) electrons. The van der Waals surface area contributed by atoms with Gasteiger partial charge >= 0.3 is 0 Å². The van der Waals surface area contributed by atoms with Gasteiger partial charge < -0.3 is 0 Å². The smallest absolute Gasteiger partial charge is 0.258 e. The van der Waals surface area contributed by atoms with Crippen LogP contribution >= 0.6 is 11.6 Å². The van der Waals surface area contributed by atoms with Crippen LogP contribution in [-0.2, 0) is 0 Å². The van der Waals surface area contributed by atoms with Crippen LogP contribution in [0, 0.1) is 10.1 Å². The van der Waals surface area contributed by atoms with Crippen LogP contribution in [0.1, 0.15) is 12.0 Å². The van der Waals surface area contributed by atoms with Gasteiger partial charge in [0.15, 0.2) is 0 Å². The summed E-state index contributed by atoms with van der Waals surface area (Å²) in [4.78, 5) is 9.48. The molecular weight excluding hydrogens is 204 g/mol. The molecule has 1 aromatic rings. The summed E-state index contributed by atoms with van der Waals surface area (Å²) in [6.45, 7) is 0. The lowest BCUT2D eigenvalue weighted by atomic mass is 10.2. The largest absolute Gasteiger partial charge is 0.288 e. The van der Waals surface area contributed by atoms with Gasteiger partial charge in [-0.05, 0) is 6.07 Å². The van der Waals surface area contributed by atoms with Crippen LogP contribution in [0.4, 0.5) is 14.5 Å². The van der Waals surface area contributed by atoms with E-state index in [9.17, 15) is 18.9 Å². The summed E-state index contributed by atoms with van der Waals surface area (Å²) in [5, 5.41) is 10.1. The Kier molecular flexibility index (Phi) is 2.77. The number of nitrogens with zero attached hydrogens (tertiary/aromatic N) is 1. The topological polar surface area (TPSA) is 43.1 Å². The molecule has 1 aromatic carbocycles. The molecule has 0 saturated heterocycles. The summed E-state index contributed by atoms with van der Waals surface area (Å²) >= 11 is 5.41. The van der Waals surface area contributed by atoms with Gasteiger partial charge in [-0.1, -0.05) is 17.7 Å². The molecule has 70 valence electrons. The highest BCUT2D eigenvalue weighted by Crippen LogP contribution is 2.29. The Hall–Kier alpha value is -1.23. The zero-order chi connectivity index (χ0) is 10.0. The molecular formula is C7H4ClF2NO2. The van der Waals surface area contributed by atoms with Crippen molar-refractivity contribution in [1.82, 2.24) is 0 Å². The highest BCUT2D eigenvalue weighted by molar-refractivity contribution is 6.32. The van der Waals surface area contributed by atoms with Gasteiger partial charge in [-0.25, -0.2) is 8.78 Å². The third-order valence-corrected chi connectivity index (χ3v) is 1.74. The lowest BCUT2D eigenvalue weighted by Crippen LogP contribution is -1.92. The first-order valence-corrected chi connectivity index (χ1v) is 3.62. The zero-order valence-corrected chi connectivity index (χ0v) is 6.96. The van der Waals surface area contributed by atoms with Crippen molar-refractivity contribution in [2.24, 2.45) is 0 Å². The minimum Gasteiger partial charge on any atom is -0.258 e. The van der Waals surface area contributed by atoms with Gasteiger partial charge in [-0.15, -0.1) is 0 Å². The van der Waals surface area contributed by atoms with E-state index in [1.165, 1.54) is 0 Å². The SMILES string of the molecule is O=[N+]([O-])c1cc(C(F)F)ccc1Cl. The summed E-state index contributed by atoms with van der Waals surface area (Å²) in [5.74, 6) is 0. The number of rotatable bonds is 2. The first kappa shape index (κ1) is 9.85. The molecule has 0 N–H and O–H groups in total. The summed E-state index contributed by atoms with van der Waals surface area (Å²) in [6, 6.07) is 2.91. The molecule has 0 aliphatic rings. The second kappa shape index (κ2) is 3.66. The molecule has 0 amide bonds. The second-order valence-corrected chi connectivity index (χ2v) is 2.68. The average molecular weight is 208 g/mol. The molecule has 0 aliphatic heterocycles. The van der Waals surface area contributed by atoms with E-state index < -0.39 is 22.6 Å². The number of halogens is 3. The summed E-state index contributed by atoms with van der Waals surface area (Å²) < 4.78 is 24.2. The van der Waals surface area contributed by atoms with E-state index in [0.29, 0.717) is 0 Å². The second-order valence-electron chi connectivity index (χ2n) is 2.27. The maximum atomic E-state index is 12.1. The van der Waals surface area contributed by atoms with E-state index in [4.69, 9.17) is 11.6 Å². The molecule has 0 bridgehead atoms. The predicted molar refractivity (Wildman–Crippen MR) is 43.1 cm³/mol. The highest BCUT2D eigenvalue weighted by Gasteiger charge is 2.16. The Labute approximate surface area is 77.1 Å². The van der Waals surface area contributed by atoms with Gasteiger partial charge in [-0.2, -0.15) is 0 Å². The van der Waals surface area contributed by atoms with Gasteiger partial charge in [0.25, 0.3) is 12.1 Å². The van der Waals surface area contributed by atoms with Crippen molar-refractivity contribution >= 4 is 17.3 Å². The monoisotopic (exact) mass is 207 g/mol. The number of hydrogen-bond acceptors (Lipinski definition) is 2. The molecule has 0 heterocycles. The average Bonchev–Trinajstić information content (AvgIpc) is 2.04. The molecule has 0 aromatic heterocycles. The fourth-order valence-corrected chi connectivity index (χ4v) is 0.992. The number of benzene rings is 1. The number of alkyl halides is 2. The molecule has 0 aliphatic carbocycles. The summed E-state index contributed by atoms with van der Waals surface area (Å²) in [7, 11) is 0. The molecule has 13 heavy (non-hydrogen) atoms. The maximum absolute atomic E-state index is 12.1.